The van der Waals surface area contributed by atoms with Crippen molar-refractivity contribution >= 4 is 29.1 Å². The fourth-order valence-electron chi connectivity index (χ4n) is 3.62. The molecule has 2 aromatic rings. The predicted molar refractivity (Wildman–Crippen MR) is 100 cm³/mol. The maximum Gasteiger partial charge on any atom is 0.238 e. The second-order valence-electron chi connectivity index (χ2n) is 6.75. The highest BCUT2D eigenvalue weighted by molar-refractivity contribution is 6.33. The summed E-state index contributed by atoms with van der Waals surface area (Å²) in [5.41, 5.74) is 1.66. The van der Waals surface area contributed by atoms with E-state index in [1.165, 1.54) is 10.5 Å². The number of para-hydroxylation sites is 1. The van der Waals surface area contributed by atoms with Crippen LogP contribution in [-0.2, 0) is 9.59 Å². The van der Waals surface area contributed by atoms with Crippen LogP contribution in [-0.4, -0.2) is 11.8 Å². The average molecular weight is 368 g/mol. The molecule has 0 saturated carbocycles. The lowest BCUT2D eigenvalue weighted by Crippen LogP contribution is -2.30. The summed E-state index contributed by atoms with van der Waals surface area (Å²) in [6, 6.07) is 14.3. The molecule has 1 fully saturated rings. The van der Waals surface area contributed by atoms with Gasteiger partial charge < -0.3 is 4.74 Å². The molecule has 0 aromatic heterocycles. The third-order valence-corrected chi connectivity index (χ3v) is 5.26. The van der Waals surface area contributed by atoms with Crippen molar-refractivity contribution in [3.63, 3.8) is 0 Å². The fraction of sp³-hybridized carbons (Fsp3) is 0.238. The van der Waals surface area contributed by atoms with Crippen molar-refractivity contribution in [3.05, 3.63) is 65.2 Å². The van der Waals surface area contributed by atoms with Crippen LogP contribution >= 0.6 is 11.6 Å². The third kappa shape index (κ3) is 2.90. The topological polar surface area (TPSA) is 46.6 Å². The van der Waals surface area contributed by atoms with Gasteiger partial charge in [0.15, 0.2) is 0 Å². The van der Waals surface area contributed by atoms with E-state index in [0.717, 1.165) is 0 Å². The standard InChI is InChI=1S/C21H18ClNO3/c1-13-7-9-16-17(11-13)21(25)23(20(16)24)14-8-10-19(18(22)12-14)26-15-5-3-2-4-6-15/h2-8,10,12,16-17H,9,11H2,1H3/t16-,17-/m0/s1. The van der Waals surface area contributed by atoms with E-state index in [2.05, 4.69) is 6.08 Å². The zero-order chi connectivity index (χ0) is 18.3. The van der Waals surface area contributed by atoms with Crippen LogP contribution in [0.4, 0.5) is 5.69 Å². The van der Waals surface area contributed by atoms with Crippen LogP contribution in [0.25, 0.3) is 0 Å². The summed E-state index contributed by atoms with van der Waals surface area (Å²) in [6.07, 6.45) is 3.33. The molecule has 0 N–H and O–H groups in total. The van der Waals surface area contributed by atoms with Crippen LogP contribution in [0.5, 0.6) is 11.5 Å². The van der Waals surface area contributed by atoms with E-state index in [0.29, 0.717) is 35.1 Å². The van der Waals surface area contributed by atoms with Crippen LogP contribution < -0.4 is 9.64 Å². The molecule has 2 aromatic carbocycles. The highest BCUT2D eigenvalue weighted by Crippen LogP contribution is 2.41. The Bertz CT molecular complexity index is 907. The van der Waals surface area contributed by atoms with Crippen molar-refractivity contribution < 1.29 is 14.3 Å². The second kappa shape index (κ2) is 6.61. The quantitative estimate of drug-likeness (QED) is 0.568. The van der Waals surface area contributed by atoms with Gasteiger partial charge in [-0.2, -0.15) is 0 Å². The highest BCUT2D eigenvalue weighted by Gasteiger charge is 2.48. The van der Waals surface area contributed by atoms with Gasteiger partial charge in [-0.15, -0.1) is 0 Å². The molecular formula is C21H18ClNO3. The number of halogens is 1. The zero-order valence-corrected chi connectivity index (χ0v) is 15.1. The lowest BCUT2D eigenvalue weighted by Gasteiger charge is -2.18. The summed E-state index contributed by atoms with van der Waals surface area (Å²) < 4.78 is 5.76. The van der Waals surface area contributed by atoms with Crippen molar-refractivity contribution in [1.29, 1.82) is 0 Å². The molecule has 0 bridgehead atoms. The van der Waals surface area contributed by atoms with E-state index in [1.807, 2.05) is 37.3 Å². The van der Waals surface area contributed by atoms with E-state index in [1.54, 1.807) is 18.2 Å². The largest absolute Gasteiger partial charge is 0.456 e. The molecule has 132 valence electrons. The van der Waals surface area contributed by atoms with Crippen molar-refractivity contribution in [2.24, 2.45) is 11.8 Å². The first-order valence-corrected chi connectivity index (χ1v) is 8.98. The number of anilines is 1. The number of benzene rings is 2. The Morgan fingerprint density at radius 1 is 1.04 bits per heavy atom. The summed E-state index contributed by atoms with van der Waals surface area (Å²) in [6.45, 7) is 2.00. The van der Waals surface area contributed by atoms with E-state index < -0.39 is 0 Å². The van der Waals surface area contributed by atoms with Gasteiger partial charge in [0, 0.05) is 0 Å². The van der Waals surface area contributed by atoms with E-state index in [-0.39, 0.29) is 23.7 Å². The minimum absolute atomic E-state index is 0.139. The van der Waals surface area contributed by atoms with Crippen LogP contribution in [0, 0.1) is 11.8 Å². The van der Waals surface area contributed by atoms with Gasteiger partial charge in [0.25, 0.3) is 0 Å². The van der Waals surface area contributed by atoms with Gasteiger partial charge in [0.2, 0.25) is 11.8 Å². The molecule has 1 aliphatic heterocycles. The Morgan fingerprint density at radius 3 is 2.50 bits per heavy atom. The first kappa shape index (κ1) is 16.9. The van der Waals surface area contributed by atoms with E-state index in [9.17, 15) is 9.59 Å². The molecule has 4 rings (SSSR count). The number of rotatable bonds is 3. The molecule has 2 atom stereocenters. The summed E-state index contributed by atoms with van der Waals surface area (Å²) in [7, 11) is 0. The number of nitrogens with zero attached hydrogens (tertiary/aromatic N) is 1. The van der Waals surface area contributed by atoms with Gasteiger partial charge in [-0.05, 0) is 50.1 Å². The summed E-state index contributed by atoms with van der Waals surface area (Å²) in [4.78, 5) is 26.8. The number of amides is 2. The molecule has 0 unspecified atom stereocenters. The molecule has 4 nitrogen and oxygen atoms in total. The van der Waals surface area contributed by atoms with Gasteiger partial charge in [-0.1, -0.05) is 41.4 Å². The van der Waals surface area contributed by atoms with E-state index in [4.69, 9.17) is 16.3 Å². The Morgan fingerprint density at radius 2 is 1.77 bits per heavy atom. The van der Waals surface area contributed by atoms with Gasteiger partial charge in [-0.25, -0.2) is 4.90 Å². The maximum atomic E-state index is 12.8. The molecule has 2 aliphatic rings. The number of ether oxygens (including phenoxy) is 1. The van der Waals surface area contributed by atoms with Crippen LogP contribution in [0.1, 0.15) is 19.8 Å². The van der Waals surface area contributed by atoms with Crippen LogP contribution in [0.2, 0.25) is 5.02 Å². The number of carbonyl (C=O) groups excluding carboxylic acids is 2. The first-order chi connectivity index (χ1) is 12.5. The molecule has 1 heterocycles. The summed E-state index contributed by atoms with van der Waals surface area (Å²) in [5.74, 6) is 0.354. The monoisotopic (exact) mass is 367 g/mol. The number of fused-ring (bicyclic) bond motifs is 1. The first-order valence-electron chi connectivity index (χ1n) is 8.60. The Balaban J connectivity index is 1.60. The number of carbonyl (C=O) groups is 2. The smallest absolute Gasteiger partial charge is 0.238 e. The molecule has 1 aliphatic carbocycles. The van der Waals surface area contributed by atoms with Crippen molar-refractivity contribution in [1.82, 2.24) is 0 Å². The molecule has 0 spiro atoms. The van der Waals surface area contributed by atoms with Gasteiger partial charge in [-0.3, -0.25) is 9.59 Å². The number of hydrogen-bond donors (Lipinski definition) is 0. The summed E-state index contributed by atoms with van der Waals surface area (Å²) >= 11 is 6.34. The molecule has 1 saturated heterocycles. The van der Waals surface area contributed by atoms with Crippen molar-refractivity contribution in [2.75, 3.05) is 4.90 Å². The Hall–Kier alpha value is -2.59. The second-order valence-corrected chi connectivity index (χ2v) is 7.15. The molecule has 2 amide bonds. The molecule has 5 heteroatoms. The molecule has 0 radical (unpaired) electrons. The van der Waals surface area contributed by atoms with Crippen LogP contribution in [0.3, 0.4) is 0 Å². The van der Waals surface area contributed by atoms with Crippen molar-refractivity contribution in [3.8, 4) is 11.5 Å². The SMILES string of the molecule is CC1=CC[C@@H]2C(=O)N(c3ccc(Oc4ccccc4)c(Cl)c3)C(=O)[C@H]2C1. The minimum Gasteiger partial charge on any atom is -0.456 e. The van der Waals surface area contributed by atoms with Gasteiger partial charge >= 0.3 is 0 Å². The fourth-order valence-corrected chi connectivity index (χ4v) is 3.83. The minimum atomic E-state index is -0.259. The van der Waals surface area contributed by atoms with Crippen LogP contribution in [0.15, 0.2) is 60.2 Å². The molecule has 26 heavy (non-hydrogen) atoms. The predicted octanol–water partition coefficient (Wildman–Crippen LogP) is 4.98. The number of allylic oxidation sites excluding steroid dienone is 2. The lowest BCUT2D eigenvalue weighted by molar-refractivity contribution is -0.122. The van der Waals surface area contributed by atoms with E-state index >= 15 is 0 Å². The number of hydrogen-bond acceptors (Lipinski definition) is 3. The highest BCUT2D eigenvalue weighted by atomic mass is 35.5. The number of imide groups is 1. The average Bonchev–Trinajstić information content (AvgIpc) is 2.88. The van der Waals surface area contributed by atoms with Gasteiger partial charge in [0.1, 0.15) is 11.5 Å². The van der Waals surface area contributed by atoms with Gasteiger partial charge in [0.05, 0.1) is 22.5 Å². The lowest BCUT2D eigenvalue weighted by atomic mass is 9.82. The van der Waals surface area contributed by atoms with Crippen molar-refractivity contribution in [2.45, 2.75) is 19.8 Å². The zero-order valence-electron chi connectivity index (χ0n) is 14.3. The molecular weight excluding hydrogens is 350 g/mol. The maximum absolute atomic E-state index is 12.8. The third-order valence-electron chi connectivity index (χ3n) is 4.97. The Kier molecular flexibility index (Phi) is 4.29. The summed E-state index contributed by atoms with van der Waals surface area (Å²) in [5, 5.41) is 0.358. The Labute approximate surface area is 157 Å². The normalized spacial score (nSPS) is 22.2.